The van der Waals surface area contributed by atoms with Gasteiger partial charge in [0.1, 0.15) is 0 Å². The maximum absolute atomic E-state index is 11.8. The highest BCUT2D eigenvalue weighted by Gasteiger charge is 2.30. The largest absolute Gasteiger partial charge is 0.375 e. The van der Waals surface area contributed by atoms with Crippen molar-refractivity contribution in [2.24, 2.45) is 5.92 Å². The van der Waals surface area contributed by atoms with Crippen molar-refractivity contribution in [1.29, 1.82) is 0 Å². The summed E-state index contributed by atoms with van der Waals surface area (Å²) in [6.45, 7) is 7.54. The molecule has 0 radical (unpaired) electrons. The first kappa shape index (κ1) is 13.5. The Morgan fingerprint density at radius 3 is 2.81 bits per heavy atom. The Morgan fingerprint density at radius 2 is 2.25 bits per heavy atom. The number of carbonyl (C=O) groups is 1. The zero-order valence-electron chi connectivity index (χ0n) is 10.8. The van der Waals surface area contributed by atoms with Gasteiger partial charge >= 0.3 is 0 Å². The standard InChI is InChI=1S/C12H24N2O2/c1-9(8-13-4)11(15)14-10-5-6-16-12(2,3)7-10/h9-10,13H,5-8H2,1-4H3,(H,14,15). The number of hydrogen-bond donors (Lipinski definition) is 2. The summed E-state index contributed by atoms with van der Waals surface area (Å²) in [5, 5.41) is 6.12. The van der Waals surface area contributed by atoms with Gasteiger partial charge in [0.15, 0.2) is 0 Å². The van der Waals surface area contributed by atoms with Crippen molar-refractivity contribution in [3.05, 3.63) is 0 Å². The van der Waals surface area contributed by atoms with Crippen LogP contribution in [0.2, 0.25) is 0 Å². The van der Waals surface area contributed by atoms with Crippen molar-refractivity contribution in [2.75, 3.05) is 20.2 Å². The van der Waals surface area contributed by atoms with Gasteiger partial charge in [-0.3, -0.25) is 4.79 Å². The van der Waals surface area contributed by atoms with Gasteiger partial charge in [-0.2, -0.15) is 0 Å². The monoisotopic (exact) mass is 228 g/mol. The van der Waals surface area contributed by atoms with E-state index in [9.17, 15) is 4.79 Å². The molecule has 16 heavy (non-hydrogen) atoms. The third-order valence-corrected chi connectivity index (χ3v) is 3.00. The number of carbonyl (C=O) groups excluding carboxylic acids is 1. The molecule has 0 aromatic rings. The predicted molar refractivity (Wildman–Crippen MR) is 64.3 cm³/mol. The van der Waals surface area contributed by atoms with Gasteiger partial charge in [0.05, 0.1) is 5.60 Å². The molecule has 1 amide bonds. The molecule has 1 fully saturated rings. The Bertz CT molecular complexity index is 241. The minimum atomic E-state index is -0.109. The van der Waals surface area contributed by atoms with E-state index in [2.05, 4.69) is 24.5 Å². The molecule has 0 saturated carbocycles. The first-order chi connectivity index (χ1) is 7.44. The Balaban J connectivity index is 2.39. The molecule has 1 aliphatic heterocycles. The summed E-state index contributed by atoms with van der Waals surface area (Å²) in [4.78, 5) is 11.8. The van der Waals surface area contributed by atoms with Crippen LogP contribution in [0.3, 0.4) is 0 Å². The molecule has 1 rings (SSSR count). The van der Waals surface area contributed by atoms with Crippen LogP contribution in [-0.4, -0.2) is 37.7 Å². The molecule has 0 bridgehead atoms. The van der Waals surface area contributed by atoms with E-state index in [4.69, 9.17) is 4.74 Å². The molecule has 1 saturated heterocycles. The normalized spacial score (nSPS) is 26.1. The fourth-order valence-corrected chi connectivity index (χ4v) is 2.10. The van der Waals surface area contributed by atoms with Crippen molar-refractivity contribution in [1.82, 2.24) is 10.6 Å². The molecular formula is C12H24N2O2. The van der Waals surface area contributed by atoms with E-state index < -0.39 is 0 Å². The zero-order chi connectivity index (χ0) is 12.2. The van der Waals surface area contributed by atoms with E-state index in [1.807, 2.05) is 14.0 Å². The second-order valence-corrected chi connectivity index (χ2v) is 5.27. The average molecular weight is 228 g/mol. The molecule has 4 nitrogen and oxygen atoms in total. The first-order valence-corrected chi connectivity index (χ1v) is 6.03. The van der Waals surface area contributed by atoms with E-state index in [1.54, 1.807) is 0 Å². The SMILES string of the molecule is CNCC(C)C(=O)NC1CCOC(C)(C)C1. The molecule has 0 aliphatic carbocycles. The van der Waals surface area contributed by atoms with Crippen molar-refractivity contribution >= 4 is 5.91 Å². The first-order valence-electron chi connectivity index (χ1n) is 6.03. The maximum atomic E-state index is 11.8. The van der Waals surface area contributed by atoms with Crippen LogP contribution in [0.1, 0.15) is 33.6 Å². The Morgan fingerprint density at radius 1 is 1.56 bits per heavy atom. The topological polar surface area (TPSA) is 50.4 Å². The predicted octanol–water partition coefficient (Wildman–Crippen LogP) is 0.916. The van der Waals surface area contributed by atoms with E-state index in [0.717, 1.165) is 26.0 Å². The Labute approximate surface area is 98.1 Å². The molecule has 94 valence electrons. The minimum Gasteiger partial charge on any atom is -0.375 e. The van der Waals surface area contributed by atoms with Gasteiger partial charge in [-0.15, -0.1) is 0 Å². The van der Waals surface area contributed by atoms with Crippen molar-refractivity contribution in [3.63, 3.8) is 0 Å². The summed E-state index contributed by atoms with van der Waals surface area (Å²) in [6.07, 6.45) is 1.81. The highest BCUT2D eigenvalue weighted by molar-refractivity contribution is 5.78. The molecule has 0 spiro atoms. The van der Waals surface area contributed by atoms with Crippen LogP contribution in [0.4, 0.5) is 0 Å². The van der Waals surface area contributed by atoms with Crippen LogP contribution in [0, 0.1) is 5.92 Å². The molecule has 1 heterocycles. The molecule has 2 N–H and O–H groups in total. The van der Waals surface area contributed by atoms with Gasteiger partial charge in [0.2, 0.25) is 5.91 Å². The summed E-state index contributed by atoms with van der Waals surface area (Å²) < 4.78 is 5.62. The van der Waals surface area contributed by atoms with Gasteiger partial charge in [-0.1, -0.05) is 6.92 Å². The van der Waals surface area contributed by atoms with E-state index in [-0.39, 0.29) is 23.5 Å². The molecule has 0 aromatic heterocycles. The maximum Gasteiger partial charge on any atom is 0.224 e. The molecule has 0 aromatic carbocycles. The number of nitrogens with one attached hydrogen (secondary N) is 2. The van der Waals surface area contributed by atoms with Gasteiger partial charge in [-0.25, -0.2) is 0 Å². The molecule has 2 atom stereocenters. The second-order valence-electron chi connectivity index (χ2n) is 5.27. The molecule has 1 aliphatic rings. The lowest BCUT2D eigenvalue weighted by Gasteiger charge is -2.36. The summed E-state index contributed by atoms with van der Waals surface area (Å²) in [5.74, 6) is 0.160. The summed E-state index contributed by atoms with van der Waals surface area (Å²) in [7, 11) is 1.86. The third-order valence-electron chi connectivity index (χ3n) is 3.00. The third kappa shape index (κ3) is 4.10. The van der Waals surface area contributed by atoms with Crippen LogP contribution in [0.25, 0.3) is 0 Å². The highest BCUT2D eigenvalue weighted by Crippen LogP contribution is 2.23. The Kier molecular flexibility index (Phi) is 4.74. The van der Waals surface area contributed by atoms with E-state index >= 15 is 0 Å². The van der Waals surface area contributed by atoms with Crippen LogP contribution in [-0.2, 0) is 9.53 Å². The number of amides is 1. The summed E-state index contributed by atoms with van der Waals surface area (Å²) >= 11 is 0. The fourth-order valence-electron chi connectivity index (χ4n) is 2.10. The van der Waals surface area contributed by atoms with E-state index in [1.165, 1.54) is 0 Å². The summed E-state index contributed by atoms with van der Waals surface area (Å²) in [5.41, 5.74) is -0.109. The van der Waals surface area contributed by atoms with E-state index in [0.29, 0.717) is 0 Å². The number of ether oxygens (including phenoxy) is 1. The minimum absolute atomic E-state index is 0.0240. The lowest BCUT2D eigenvalue weighted by atomic mass is 9.93. The fraction of sp³-hybridized carbons (Fsp3) is 0.917. The molecule has 2 unspecified atom stereocenters. The lowest BCUT2D eigenvalue weighted by Crippen LogP contribution is -2.48. The van der Waals surface area contributed by atoms with Crippen LogP contribution in [0.15, 0.2) is 0 Å². The average Bonchev–Trinajstić information content (AvgIpc) is 2.16. The number of rotatable bonds is 4. The van der Waals surface area contributed by atoms with Gasteiger partial charge in [-0.05, 0) is 33.7 Å². The molecule has 4 heteroatoms. The molecular weight excluding hydrogens is 204 g/mol. The van der Waals surface area contributed by atoms with Gasteiger partial charge in [0, 0.05) is 25.1 Å². The van der Waals surface area contributed by atoms with Crippen LogP contribution in [0.5, 0.6) is 0 Å². The second kappa shape index (κ2) is 5.64. The van der Waals surface area contributed by atoms with Crippen molar-refractivity contribution < 1.29 is 9.53 Å². The lowest BCUT2D eigenvalue weighted by molar-refractivity contribution is -0.127. The van der Waals surface area contributed by atoms with Crippen LogP contribution < -0.4 is 10.6 Å². The number of hydrogen-bond acceptors (Lipinski definition) is 3. The smallest absolute Gasteiger partial charge is 0.224 e. The summed E-state index contributed by atoms with van der Waals surface area (Å²) in [6, 6.07) is 0.260. The Hall–Kier alpha value is -0.610. The van der Waals surface area contributed by atoms with Gasteiger partial charge < -0.3 is 15.4 Å². The van der Waals surface area contributed by atoms with Crippen molar-refractivity contribution in [3.8, 4) is 0 Å². The van der Waals surface area contributed by atoms with Crippen LogP contribution >= 0.6 is 0 Å². The highest BCUT2D eigenvalue weighted by atomic mass is 16.5. The van der Waals surface area contributed by atoms with Gasteiger partial charge in [0.25, 0.3) is 0 Å². The van der Waals surface area contributed by atoms with Crippen molar-refractivity contribution in [2.45, 2.75) is 45.3 Å². The zero-order valence-corrected chi connectivity index (χ0v) is 10.8. The quantitative estimate of drug-likeness (QED) is 0.752.